The SMILES string of the molecule is COc1cc(/C=N\NC(=O)[C@@H]2[C@@H]3CCCC[C@]23C)cc(I)c1OCc1cccc2ccccc12. The highest BCUT2D eigenvalue weighted by atomic mass is 127. The Balaban J connectivity index is 1.26. The number of amides is 1. The molecule has 6 heteroatoms. The van der Waals surface area contributed by atoms with Crippen molar-refractivity contribution in [2.24, 2.45) is 22.4 Å². The standard InChI is InChI=1S/C28H29IN2O3/c1-28-13-6-5-12-22(28)25(28)27(32)31-30-16-18-14-23(29)26(24(15-18)33-2)34-17-20-10-7-9-19-8-3-4-11-21(19)20/h3-4,7-11,14-16,22,25H,5-6,12-13,17H2,1-2H3,(H,31,32)/b30-16-/t22-,25-,28-/m0/s1. The zero-order valence-corrected chi connectivity index (χ0v) is 21.7. The minimum absolute atomic E-state index is 0.0438. The predicted molar refractivity (Wildman–Crippen MR) is 143 cm³/mol. The molecule has 1 amide bonds. The largest absolute Gasteiger partial charge is 0.493 e. The van der Waals surface area contributed by atoms with Gasteiger partial charge in [0.1, 0.15) is 6.61 Å². The van der Waals surface area contributed by atoms with Crippen molar-refractivity contribution < 1.29 is 14.3 Å². The van der Waals surface area contributed by atoms with Crippen molar-refractivity contribution in [1.29, 1.82) is 0 Å². The molecule has 0 spiro atoms. The molecule has 3 aromatic carbocycles. The van der Waals surface area contributed by atoms with Crippen LogP contribution in [0.15, 0.2) is 59.7 Å². The average Bonchev–Trinajstić information content (AvgIpc) is 3.48. The molecule has 0 heterocycles. The number of fused-ring (bicyclic) bond motifs is 2. The number of hydrazone groups is 1. The van der Waals surface area contributed by atoms with Gasteiger partial charge in [-0.25, -0.2) is 5.43 Å². The molecule has 2 saturated carbocycles. The number of halogens is 1. The van der Waals surface area contributed by atoms with Crippen LogP contribution in [0.2, 0.25) is 0 Å². The van der Waals surface area contributed by atoms with Gasteiger partial charge in [0.15, 0.2) is 11.5 Å². The van der Waals surface area contributed by atoms with E-state index in [0.29, 0.717) is 24.0 Å². The first-order valence-electron chi connectivity index (χ1n) is 11.8. The summed E-state index contributed by atoms with van der Waals surface area (Å²) in [5.41, 5.74) is 4.92. The number of methoxy groups -OCH3 is 1. The first-order chi connectivity index (χ1) is 16.5. The Kier molecular flexibility index (Phi) is 6.51. The van der Waals surface area contributed by atoms with Crippen LogP contribution in [0.3, 0.4) is 0 Å². The number of hydrogen-bond acceptors (Lipinski definition) is 4. The van der Waals surface area contributed by atoms with Crippen LogP contribution < -0.4 is 14.9 Å². The van der Waals surface area contributed by atoms with Crippen molar-refractivity contribution in [3.63, 3.8) is 0 Å². The fraction of sp³-hybridized carbons (Fsp3) is 0.357. The highest BCUT2D eigenvalue weighted by Crippen LogP contribution is 2.66. The molecule has 2 aliphatic rings. The van der Waals surface area contributed by atoms with Gasteiger partial charge in [0.25, 0.3) is 0 Å². The first kappa shape index (κ1) is 23.1. The van der Waals surface area contributed by atoms with Crippen LogP contribution in [0.25, 0.3) is 10.8 Å². The summed E-state index contributed by atoms with van der Waals surface area (Å²) in [5.74, 6) is 2.01. The van der Waals surface area contributed by atoms with Crippen LogP contribution in [0.4, 0.5) is 0 Å². The van der Waals surface area contributed by atoms with E-state index in [-0.39, 0.29) is 17.2 Å². The van der Waals surface area contributed by atoms with Gasteiger partial charge in [-0.3, -0.25) is 4.79 Å². The Morgan fingerprint density at radius 2 is 2.03 bits per heavy atom. The summed E-state index contributed by atoms with van der Waals surface area (Å²) in [6, 6.07) is 18.4. The number of carbonyl (C=O) groups is 1. The van der Waals surface area contributed by atoms with Crippen LogP contribution in [0.1, 0.15) is 43.7 Å². The van der Waals surface area contributed by atoms with Gasteiger partial charge in [0.2, 0.25) is 5.91 Å². The maximum atomic E-state index is 12.7. The Hall–Kier alpha value is -2.61. The predicted octanol–water partition coefficient (Wildman–Crippen LogP) is 6.31. The zero-order valence-electron chi connectivity index (χ0n) is 19.5. The van der Waals surface area contributed by atoms with Crippen molar-refractivity contribution in [2.45, 2.75) is 39.2 Å². The Morgan fingerprint density at radius 3 is 2.82 bits per heavy atom. The Bertz CT molecular complexity index is 1250. The highest BCUT2D eigenvalue weighted by molar-refractivity contribution is 14.1. The van der Waals surface area contributed by atoms with Gasteiger partial charge in [0.05, 0.1) is 16.9 Å². The summed E-state index contributed by atoms with van der Waals surface area (Å²) in [4.78, 5) is 12.7. The molecule has 3 aromatic rings. The monoisotopic (exact) mass is 568 g/mol. The van der Waals surface area contributed by atoms with E-state index in [1.807, 2.05) is 30.3 Å². The van der Waals surface area contributed by atoms with Gasteiger partial charge < -0.3 is 9.47 Å². The second kappa shape index (κ2) is 9.56. The quantitative estimate of drug-likeness (QED) is 0.207. The summed E-state index contributed by atoms with van der Waals surface area (Å²) in [7, 11) is 1.63. The topological polar surface area (TPSA) is 59.9 Å². The van der Waals surface area contributed by atoms with Crippen LogP contribution in [-0.4, -0.2) is 19.2 Å². The maximum Gasteiger partial charge on any atom is 0.244 e. The van der Waals surface area contributed by atoms with E-state index < -0.39 is 0 Å². The molecule has 176 valence electrons. The second-order valence-electron chi connectivity index (χ2n) is 9.53. The molecular weight excluding hydrogens is 539 g/mol. The molecule has 0 bridgehead atoms. The van der Waals surface area contributed by atoms with E-state index in [0.717, 1.165) is 27.5 Å². The van der Waals surface area contributed by atoms with Crippen LogP contribution in [0, 0.1) is 20.8 Å². The summed E-state index contributed by atoms with van der Waals surface area (Å²) < 4.78 is 12.7. The molecule has 0 unspecified atom stereocenters. The van der Waals surface area contributed by atoms with Gasteiger partial charge in [-0.15, -0.1) is 0 Å². The fourth-order valence-electron chi connectivity index (χ4n) is 5.61. The van der Waals surface area contributed by atoms with E-state index in [1.165, 1.54) is 23.6 Å². The fourth-order valence-corrected chi connectivity index (χ4v) is 6.39. The molecule has 1 N–H and O–H groups in total. The Morgan fingerprint density at radius 1 is 1.21 bits per heavy atom. The number of rotatable bonds is 7. The number of ether oxygens (including phenoxy) is 2. The second-order valence-corrected chi connectivity index (χ2v) is 10.7. The average molecular weight is 568 g/mol. The number of hydrogen-bond donors (Lipinski definition) is 1. The van der Waals surface area contributed by atoms with Gasteiger partial charge >= 0.3 is 0 Å². The third-order valence-electron chi connectivity index (χ3n) is 7.51. The molecule has 5 nitrogen and oxygen atoms in total. The molecule has 2 fully saturated rings. The minimum atomic E-state index is 0.0438. The lowest BCUT2D eigenvalue weighted by atomic mass is 9.90. The molecule has 0 aliphatic heterocycles. The van der Waals surface area contributed by atoms with E-state index >= 15 is 0 Å². The van der Waals surface area contributed by atoms with E-state index in [4.69, 9.17) is 9.47 Å². The van der Waals surface area contributed by atoms with Crippen molar-refractivity contribution in [1.82, 2.24) is 5.43 Å². The number of benzene rings is 3. The highest BCUT2D eigenvalue weighted by Gasteiger charge is 2.64. The molecular formula is C28H29IN2O3. The van der Waals surface area contributed by atoms with E-state index in [2.05, 4.69) is 64.3 Å². The third kappa shape index (κ3) is 4.40. The van der Waals surface area contributed by atoms with Crippen molar-refractivity contribution in [3.05, 3.63) is 69.3 Å². The molecule has 3 atom stereocenters. The molecule has 34 heavy (non-hydrogen) atoms. The van der Waals surface area contributed by atoms with Crippen LogP contribution in [-0.2, 0) is 11.4 Å². The molecule has 5 rings (SSSR count). The maximum absolute atomic E-state index is 12.7. The van der Waals surface area contributed by atoms with Crippen molar-refractivity contribution in [3.8, 4) is 11.5 Å². The number of carbonyl (C=O) groups excluding carboxylic acids is 1. The first-order valence-corrected chi connectivity index (χ1v) is 12.9. The Labute approximate surface area is 214 Å². The molecule has 0 aromatic heterocycles. The minimum Gasteiger partial charge on any atom is -0.493 e. The lowest BCUT2D eigenvalue weighted by Crippen LogP contribution is -2.22. The van der Waals surface area contributed by atoms with Gasteiger partial charge in [-0.05, 0) is 80.8 Å². The number of nitrogens with zero attached hydrogens (tertiary/aromatic N) is 1. The summed E-state index contributed by atoms with van der Waals surface area (Å²) in [6.07, 6.45) is 6.45. The van der Waals surface area contributed by atoms with E-state index in [1.54, 1.807) is 13.3 Å². The normalized spacial score (nSPS) is 23.5. The molecule has 0 saturated heterocycles. The smallest absolute Gasteiger partial charge is 0.244 e. The molecule has 0 radical (unpaired) electrons. The van der Waals surface area contributed by atoms with Gasteiger partial charge in [-0.2, -0.15) is 5.10 Å². The third-order valence-corrected chi connectivity index (χ3v) is 8.31. The summed E-state index contributed by atoms with van der Waals surface area (Å²) >= 11 is 2.25. The van der Waals surface area contributed by atoms with Gasteiger partial charge in [-0.1, -0.05) is 62.2 Å². The van der Waals surface area contributed by atoms with Gasteiger partial charge in [0, 0.05) is 5.92 Å². The lowest BCUT2D eigenvalue weighted by Gasteiger charge is -2.15. The van der Waals surface area contributed by atoms with Crippen LogP contribution >= 0.6 is 22.6 Å². The van der Waals surface area contributed by atoms with Crippen molar-refractivity contribution >= 4 is 45.5 Å². The van der Waals surface area contributed by atoms with Crippen molar-refractivity contribution in [2.75, 3.05) is 7.11 Å². The molecule has 2 aliphatic carbocycles. The van der Waals surface area contributed by atoms with E-state index in [9.17, 15) is 4.79 Å². The van der Waals surface area contributed by atoms with Crippen LogP contribution in [0.5, 0.6) is 11.5 Å². The summed E-state index contributed by atoms with van der Waals surface area (Å²) in [5, 5.41) is 6.62. The zero-order chi connectivity index (χ0) is 23.7. The number of nitrogens with one attached hydrogen (secondary N) is 1. The summed E-state index contributed by atoms with van der Waals surface area (Å²) in [6.45, 7) is 2.69. The lowest BCUT2D eigenvalue weighted by molar-refractivity contribution is -0.123.